The molecule has 4 rings (SSSR count). The number of fused-ring (bicyclic) bond motifs is 2. The molecule has 5 heteroatoms. The van der Waals surface area contributed by atoms with Gasteiger partial charge in [0.1, 0.15) is 0 Å². The summed E-state index contributed by atoms with van der Waals surface area (Å²) in [5, 5.41) is 21.1. The first-order chi connectivity index (χ1) is 12.7. The van der Waals surface area contributed by atoms with Gasteiger partial charge in [-0.05, 0) is 36.8 Å². The maximum Gasteiger partial charge on any atom is 0.199 e. The molecule has 2 aromatic heterocycles. The third-order valence-corrected chi connectivity index (χ3v) is 4.52. The van der Waals surface area contributed by atoms with E-state index >= 15 is 0 Å². The Bertz CT molecular complexity index is 1110. The summed E-state index contributed by atoms with van der Waals surface area (Å²) in [6.07, 6.45) is 0.732. The monoisotopic (exact) mass is 346 g/mol. The van der Waals surface area contributed by atoms with Crippen molar-refractivity contribution in [2.45, 2.75) is 12.8 Å². The van der Waals surface area contributed by atoms with E-state index < -0.39 is 0 Å². The van der Waals surface area contributed by atoms with Crippen molar-refractivity contribution in [2.24, 2.45) is 0 Å². The minimum Gasteiger partial charge on any atom is -0.494 e. The third-order valence-electron chi connectivity index (χ3n) is 4.52. The van der Waals surface area contributed by atoms with Crippen molar-refractivity contribution in [3.8, 4) is 17.1 Å². The number of aliphatic hydroxyl groups excluding tert-OH is 1. The van der Waals surface area contributed by atoms with Crippen LogP contribution in [0.25, 0.3) is 33.1 Å². The molecule has 0 aliphatic rings. The van der Waals surface area contributed by atoms with Crippen molar-refractivity contribution >= 4 is 27.6 Å². The van der Waals surface area contributed by atoms with E-state index in [-0.39, 0.29) is 18.3 Å². The van der Waals surface area contributed by atoms with Gasteiger partial charge in [0, 0.05) is 34.9 Å². The number of para-hydroxylation sites is 1. The van der Waals surface area contributed by atoms with Crippen molar-refractivity contribution in [3.63, 3.8) is 0 Å². The Morgan fingerprint density at radius 3 is 2.77 bits per heavy atom. The SMILES string of the molecule is O=C(CCCO)c1ccc2[nH]c(O)c(-c3ccc4ccccc4n3)c2c1. The summed E-state index contributed by atoms with van der Waals surface area (Å²) in [6, 6.07) is 16.9. The molecule has 0 saturated carbocycles. The number of hydrogen-bond donors (Lipinski definition) is 3. The smallest absolute Gasteiger partial charge is 0.199 e. The zero-order chi connectivity index (χ0) is 18.1. The molecule has 0 fully saturated rings. The lowest BCUT2D eigenvalue weighted by Gasteiger charge is -2.04. The van der Waals surface area contributed by atoms with Crippen LogP contribution in [0, 0.1) is 0 Å². The van der Waals surface area contributed by atoms with Gasteiger partial charge in [-0.2, -0.15) is 0 Å². The summed E-state index contributed by atoms with van der Waals surface area (Å²) < 4.78 is 0. The summed E-state index contributed by atoms with van der Waals surface area (Å²) in [6.45, 7) is -0.00874. The van der Waals surface area contributed by atoms with Gasteiger partial charge in [-0.3, -0.25) is 4.79 Å². The number of ketones is 1. The Kier molecular flexibility index (Phi) is 4.14. The molecule has 0 atom stereocenters. The molecule has 2 heterocycles. The zero-order valence-corrected chi connectivity index (χ0v) is 14.1. The standard InChI is InChI=1S/C21H18N2O3/c24-11-3-6-19(25)14-8-9-17-15(12-14)20(21(26)23-17)18-10-7-13-4-1-2-5-16(13)22-18/h1-2,4-5,7-10,12,23-24,26H,3,6,11H2. The number of aliphatic hydroxyl groups is 1. The maximum absolute atomic E-state index is 12.3. The number of aromatic hydroxyl groups is 1. The van der Waals surface area contributed by atoms with Crippen molar-refractivity contribution in [3.05, 3.63) is 60.2 Å². The van der Waals surface area contributed by atoms with Crippen molar-refractivity contribution in [1.82, 2.24) is 9.97 Å². The molecule has 0 radical (unpaired) electrons. The number of carbonyl (C=O) groups is 1. The van der Waals surface area contributed by atoms with Crippen LogP contribution in [-0.2, 0) is 0 Å². The number of rotatable bonds is 5. The van der Waals surface area contributed by atoms with E-state index in [4.69, 9.17) is 5.11 Å². The van der Waals surface area contributed by atoms with E-state index in [1.165, 1.54) is 0 Å². The summed E-state index contributed by atoms with van der Waals surface area (Å²) in [5.41, 5.74) is 3.38. The minimum absolute atomic E-state index is 0.00874. The molecule has 26 heavy (non-hydrogen) atoms. The molecule has 5 nitrogen and oxygen atoms in total. The Hall–Kier alpha value is -3.18. The van der Waals surface area contributed by atoms with Crippen molar-refractivity contribution < 1.29 is 15.0 Å². The van der Waals surface area contributed by atoms with E-state index in [1.807, 2.05) is 36.4 Å². The topological polar surface area (TPSA) is 86.2 Å². The molecule has 0 aliphatic heterocycles. The lowest BCUT2D eigenvalue weighted by molar-refractivity contribution is 0.0971. The number of carbonyl (C=O) groups excluding carboxylic acids is 1. The van der Waals surface area contributed by atoms with Crippen LogP contribution in [0.3, 0.4) is 0 Å². The fraction of sp³-hybridized carbons (Fsp3) is 0.143. The fourth-order valence-corrected chi connectivity index (χ4v) is 3.20. The van der Waals surface area contributed by atoms with Crippen LogP contribution in [0.15, 0.2) is 54.6 Å². The Labute approximate surface area is 149 Å². The minimum atomic E-state index is -0.0286. The first kappa shape index (κ1) is 16.3. The highest BCUT2D eigenvalue weighted by Gasteiger charge is 2.16. The number of H-pyrrole nitrogens is 1. The normalized spacial score (nSPS) is 11.3. The number of pyridine rings is 1. The van der Waals surface area contributed by atoms with Crippen LogP contribution in [0.4, 0.5) is 0 Å². The summed E-state index contributed by atoms with van der Waals surface area (Å²) in [5.74, 6) is 0.00167. The average molecular weight is 346 g/mol. The van der Waals surface area contributed by atoms with Gasteiger partial charge in [0.15, 0.2) is 11.7 Å². The van der Waals surface area contributed by atoms with Gasteiger partial charge in [0.25, 0.3) is 0 Å². The van der Waals surface area contributed by atoms with E-state index in [9.17, 15) is 9.90 Å². The predicted octanol–water partition coefficient (Wildman–Crippen LogP) is 4.04. The van der Waals surface area contributed by atoms with Crippen LogP contribution < -0.4 is 0 Å². The molecule has 0 amide bonds. The summed E-state index contributed by atoms with van der Waals surface area (Å²) in [4.78, 5) is 19.9. The first-order valence-electron chi connectivity index (χ1n) is 8.52. The molecule has 0 saturated heterocycles. The van der Waals surface area contributed by atoms with Gasteiger partial charge in [-0.25, -0.2) is 4.98 Å². The average Bonchev–Trinajstić information content (AvgIpc) is 3.00. The molecule has 0 spiro atoms. The van der Waals surface area contributed by atoms with E-state index in [0.29, 0.717) is 29.7 Å². The molecule has 0 aliphatic carbocycles. The number of hydrogen-bond acceptors (Lipinski definition) is 4. The quantitative estimate of drug-likeness (QED) is 0.476. The van der Waals surface area contributed by atoms with Gasteiger partial charge < -0.3 is 15.2 Å². The Morgan fingerprint density at radius 1 is 1.08 bits per heavy atom. The molecule has 3 N–H and O–H groups in total. The van der Waals surface area contributed by atoms with E-state index in [2.05, 4.69) is 9.97 Å². The van der Waals surface area contributed by atoms with Gasteiger partial charge in [0.05, 0.1) is 16.8 Å². The molecular formula is C21H18N2O3. The highest BCUT2D eigenvalue weighted by molar-refractivity contribution is 6.05. The van der Waals surface area contributed by atoms with Gasteiger partial charge >= 0.3 is 0 Å². The van der Waals surface area contributed by atoms with Gasteiger partial charge in [-0.15, -0.1) is 0 Å². The summed E-state index contributed by atoms with van der Waals surface area (Å²) in [7, 11) is 0. The van der Waals surface area contributed by atoms with Crippen molar-refractivity contribution in [2.75, 3.05) is 6.61 Å². The Morgan fingerprint density at radius 2 is 1.92 bits per heavy atom. The van der Waals surface area contributed by atoms with Crippen LogP contribution in [0.5, 0.6) is 5.88 Å². The largest absolute Gasteiger partial charge is 0.494 e. The summed E-state index contributed by atoms with van der Waals surface area (Å²) >= 11 is 0. The number of aromatic nitrogens is 2. The number of benzene rings is 2. The lowest BCUT2D eigenvalue weighted by Crippen LogP contribution is -2.00. The second kappa shape index (κ2) is 6.61. The fourth-order valence-electron chi connectivity index (χ4n) is 3.20. The second-order valence-corrected chi connectivity index (χ2v) is 6.25. The molecule has 4 aromatic rings. The molecule has 0 bridgehead atoms. The Balaban J connectivity index is 1.85. The van der Waals surface area contributed by atoms with Gasteiger partial charge in [-0.1, -0.05) is 24.3 Å². The van der Waals surface area contributed by atoms with Gasteiger partial charge in [0.2, 0.25) is 0 Å². The predicted molar refractivity (Wildman–Crippen MR) is 101 cm³/mol. The molecule has 130 valence electrons. The van der Waals surface area contributed by atoms with Crippen LogP contribution in [-0.4, -0.2) is 32.6 Å². The van der Waals surface area contributed by atoms with Crippen molar-refractivity contribution in [1.29, 1.82) is 0 Å². The van der Waals surface area contributed by atoms with Crippen LogP contribution >= 0.6 is 0 Å². The highest BCUT2D eigenvalue weighted by atomic mass is 16.3. The first-order valence-corrected chi connectivity index (χ1v) is 8.52. The molecular weight excluding hydrogens is 328 g/mol. The number of Topliss-reactive ketones (excluding diaryl/α,β-unsaturated/α-hetero) is 1. The molecule has 2 aromatic carbocycles. The van der Waals surface area contributed by atoms with E-state index in [0.717, 1.165) is 21.8 Å². The zero-order valence-electron chi connectivity index (χ0n) is 14.1. The second-order valence-electron chi connectivity index (χ2n) is 6.25. The van der Waals surface area contributed by atoms with Crippen LogP contribution in [0.2, 0.25) is 0 Å². The number of aromatic amines is 1. The van der Waals surface area contributed by atoms with E-state index in [1.54, 1.807) is 18.2 Å². The highest BCUT2D eigenvalue weighted by Crippen LogP contribution is 2.36. The maximum atomic E-state index is 12.3. The number of nitrogens with zero attached hydrogens (tertiary/aromatic N) is 1. The third kappa shape index (κ3) is 2.82. The van der Waals surface area contributed by atoms with Crippen LogP contribution in [0.1, 0.15) is 23.2 Å². The number of nitrogens with one attached hydrogen (secondary N) is 1. The molecule has 0 unspecified atom stereocenters. The lowest BCUT2D eigenvalue weighted by atomic mass is 10.0.